The number of hydrogen-bond donors (Lipinski definition) is 0. The lowest BCUT2D eigenvalue weighted by atomic mass is 10.1. The SMILES string of the molecule is Cn1c2ccccc2c(=O)n2nc(Cc3ccc(Cl)cc3)c(=O)nc12. The van der Waals surface area contributed by atoms with E-state index in [0.717, 1.165) is 5.56 Å². The summed E-state index contributed by atoms with van der Waals surface area (Å²) >= 11 is 5.88. The van der Waals surface area contributed by atoms with E-state index in [0.29, 0.717) is 15.9 Å². The first-order chi connectivity index (χ1) is 12.0. The van der Waals surface area contributed by atoms with Crippen molar-refractivity contribution >= 4 is 28.3 Å². The lowest BCUT2D eigenvalue weighted by molar-refractivity contribution is 0.754. The fraction of sp³-hybridized carbons (Fsp3) is 0.111. The molecular formula is C18H13ClN4O2. The van der Waals surface area contributed by atoms with Crippen LogP contribution >= 0.6 is 11.6 Å². The van der Waals surface area contributed by atoms with Crippen LogP contribution in [0, 0.1) is 0 Å². The number of aromatic nitrogens is 4. The van der Waals surface area contributed by atoms with Gasteiger partial charge in [0.25, 0.3) is 11.1 Å². The first-order valence-electron chi connectivity index (χ1n) is 7.67. The molecule has 4 rings (SSSR count). The molecular weight excluding hydrogens is 340 g/mol. The third kappa shape index (κ3) is 2.60. The Hall–Kier alpha value is -2.99. The van der Waals surface area contributed by atoms with Crippen molar-refractivity contribution < 1.29 is 0 Å². The Morgan fingerprint density at radius 1 is 1.04 bits per heavy atom. The van der Waals surface area contributed by atoms with Crippen molar-refractivity contribution in [2.24, 2.45) is 7.05 Å². The van der Waals surface area contributed by atoms with Gasteiger partial charge in [-0.05, 0) is 29.8 Å². The van der Waals surface area contributed by atoms with Crippen molar-refractivity contribution in [1.82, 2.24) is 19.2 Å². The topological polar surface area (TPSA) is 69.3 Å². The first-order valence-corrected chi connectivity index (χ1v) is 8.04. The Morgan fingerprint density at radius 2 is 1.76 bits per heavy atom. The standard InChI is InChI=1S/C18H13ClN4O2/c1-22-15-5-3-2-4-13(15)17(25)23-18(22)20-16(24)14(21-23)10-11-6-8-12(19)9-7-11/h2-9H,10H2,1H3. The molecule has 4 aromatic rings. The Kier molecular flexibility index (Phi) is 3.62. The molecule has 0 aliphatic heterocycles. The Balaban J connectivity index is 1.96. The smallest absolute Gasteiger partial charge is 0.296 e. The van der Waals surface area contributed by atoms with Gasteiger partial charge in [0.15, 0.2) is 0 Å². The Morgan fingerprint density at radius 3 is 2.52 bits per heavy atom. The van der Waals surface area contributed by atoms with Crippen molar-refractivity contribution in [3.63, 3.8) is 0 Å². The van der Waals surface area contributed by atoms with Crippen LogP contribution in [0.4, 0.5) is 0 Å². The molecule has 0 aliphatic carbocycles. The van der Waals surface area contributed by atoms with E-state index in [1.165, 1.54) is 4.52 Å². The van der Waals surface area contributed by atoms with Crippen molar-refractivity contribution in [2.45, 2.75) is 6.42 Å². The monoisotopic (exact) mass is 352 g/mol. The highest BCUT2D eigenvalue weighted by molar-refractivity contribution is 6.30. The van der Waals surface area contributed by atoms with Crippen LogP contribution in [0.15, 0.2) is 58.1 Å². The summed E-state index contributed by atoms with van der Waals surface area (Å²) in [7, 11) is 1.75. The highest BCUT2D eigenvalue weighted by atomic mass is 35.5. The average Bonchev–Trinajstić information content (AvgIpc) is 2.63. The molecule has 0 fully saturated rings. The summed E-state index contributed by atoms with van der Waals surface area (Å²) in [4.78, 5) is 29.2. The lowest BCUT2D eigenvalue weighted by Gasteiger charge is -2.10. The van der Waals surface area contributed by atoms with Crippen LogP contribution in [0.25, 0.3) is 16.7 Å². The molecule has 0 atom stereocenters. The third-order valence-electron chi connectivity index (χ3n) is 4.13. The molecule has 0 saturated heterocycles. The van der Waals surface area contributed by atoms with E-state index in [1.807, 2.05) is 24.3 Å². The minimum Gasteiger partial charge on any atom is -0.313 e. The summed E-state index contributed by atoms with van der Waals surface area (Å²) in [6.07, 6.45) is 0.280. The van der Waals surface area contributed by atoms with Crippen molar-refractivity contribution in [3.8, 4) is 0 Å². The Bertz CT molecular complexity index is 1230. The number of para-hydroxylation sites is 1. The summed E-state index contributed by atoms with van der Waals surface area (Å²) < 4.78 is 2.88. The van der Waals surface area contributed by atoms with Crippen LogP contribution in [0.2, 0.25) is 5.02 Å². The fourth-order valence-electron chi connectivity index (χ4n) is 2.84. The maximum atomic E-state index is 12.7. The van der Waals surface area contributed by atoms with E-state index in [1.54, 1.807) is 35.9 Å². The van der Waals surface area contributed by atoms with Crippen LogP contribution < -0.4 is 11.1 Å². The number of fused-ring (bicyclic) bond motifs is 2. The molecule has 2 aromatic heterocycles. The van der Waals surface area contributed by atoms with Gasteiger partial charge in [0.05, 0.1) is 10.9 Å². The van der Waals surface area contributed by atoms with Crippen molar-refractivity contribution in [2.75, 3.05) is 0 Å². The molecule has 0 spiro atoms. The second-order valence-corrected chi connectivity index (χ2v) is 6.20. The fourth-order valence-corrected chi connectivity index (χ4v) is 2.97. The minimum absolute atomic E-state index is 0.215. The van der Waals surface area contributed by atoms with E-state index < -0.39 is 5.56 Å². The molecule has 0 unspecified atom stereocenters. The zero-order valence-corrected chi connectivity index (χ0v) is 14.1. The number of nitrogens with zero attached hydrogens (tertiary/aromatic N) is 4. The van der Waals surface area contributed by atoms with Crippen LogP contribution in [0.3, 0.4) is 0 Å². The van der Waals surface area contributed by atoms with Crippen molar-refractivity contribution in [1.29, 1.82) is 0 Å². The van der Waals surface area contributed by atoms with Gasteiger partial charge in [-0.3, -0.25) is 9.59 Å². The Labute approximate surface area is 146 Å². The number of hydrogen-bond acceptors (Lipinski definition) is 4. The summed E-state index contributed by atoms with van der Waals surface area (Å²) in [5.74, 6) is 0.216. The molecule has 124 valence electrons. The number of rotatable bonds is 2. The van der Waals surface area contributed by atoms with Gasteiger partial charge < -0.3 is 4.57 Å². The second kappa shape index (κ2) is 5.82. The van der Waals surface area contributed by atoms with Gasteiger partial charge in [-0.15, -0.1) is 0 Å². The molecule has 0 radical (unpaired) electrons. The zero-order chi connectivity index (χ0) is 17.6. The largest absolute Gasteiger partial charge is 0.313 e. The molecule has 0 saturated carbocycles. The predicted molar refractivity (Wildman–Crippen MR) is 96.3 cm³/mol. The summed E-state index contributed by atoms with van der Waals surface area (Å²) in [5, 5.41) is 5.42. The maximum Gasteiger partial charge on any atom is 0.296 e. The number of aryl methyl sites for hydroxylation is 1. The van der Waals surface area contributed by atoms with E-state index >= 15 is 0 Å². The molecule has 7 heteroatoms. The molecule has 2 aromatic carbocycles. The van der Waals surface area contributed by atoms with E-state index in [9.17, 15) is 9.59 Å². The van der Waals surface area contributed by atoms with Crippen LogP contribution in [-0.2, 0) is 13.5 Å². The molecule has 0 aliphatic rings. The van der Waals surface area contributed by atoms with Gasteiger partial charge in [-0.2, -0.15) is 14.6 Å². The number of halogens is 1. The molecule has 6 nitrogen and oxygen atoms in total. The van der Waals surface area contributed by atoms with Gasteiger partial charge >= 0.3 is 0 Å². The van der Waals surface area contributed by atoms with Gasteiger partial charge in [0.1, 0.15) is 5.69 Å². The normalized spacial score (nSPS) is 11.3. The van der Waals surface area contributed by atoms with E-state index in [-0.39, 0.29) is 23.5 Å². The number of benzene rings is 2. The minimum atomic E-state index is -0.444. The lowest BCUT2D eigenvalue weighted by Crippen LogP contribution is -2.29. The molecule has 0 N–H and O–H groups in total. The predicted octanol–water partition coefficient (Wildman–Crippen LogP) is 2.19. The van der Waals surface area contributed by atoms with Crippen LogP contribution in [-0.4, -0.2) is 19.2 Å². The molecule has 2 heterocycles. The summed E-state index contributed by atoms with van der Waals surface area (Å²) in [5.41, 5.74) is 1.04. The van der Waals surface area contributed by atoms with Gasteiger partial charge in [-0.25, -0.2) is 0 Å². The zero-order valence-electron chi connectivity index (χ0n) is 13.3. The second-order valence-electron chi connectivity index (χ2n) is 5.76. The molecule has 25 heavy (non-hydrogen) atoms. The highest BCUT2D eigenvalue weighted by Crippen LogP contribution is 2.12. The maximum absolute atomic E-state index is 12.7. The quantitative estimate of drug-likeness (QED) is 0.518. The van der Waals surface area contributed by atoms with Gasteiger partial charge in [-0.1, -0.05) is 35.9 Å². The van der Waals surface area contributed by atoms with Crippen LogP contribution in [0.5, 0.6) is 0 Å². The average molecular weight is 353 g/mol. The first kappa shape index (κ1) is 15.5. The highest BCUT2D eigenvalue weighted by Gasteiger charge is 2.13. The third-order valence-corrected chi connectivity index (χ3v) is 4.38. The van der Waals surface area contributed by atoms with E-state index in [4.69, 9.17) is 11.6 Å². The van der Waals surface area contributed by atoms with Crippen LogP contribution in [0.1, 0.15) is 11.3 Å². The summed E-state index contributed by atoms with van der Waals surface area (Å²) in [6, 6.07) is 14.3. The van der Waals surface area contributed by atoms with Gasteiger partial charge in [0, 0.05) is 18.5 Å². The van der Waals surface area contributed by atoms with Crippen molar-refractivity contribution in [3.05, 3.63) is 85.5 Å². The van der Waals surface area contributed by atoms with E-state index in [2.05, 4.69) is 10.1 Å². The molecule has 0 amide bonds. The van der Waals surface area contributed by atoms with Gasteiger partial charge in [0.2, 0.25) is 5.78 Å². The summed E-state index contributed by atoms with van der Waals surface area (Å²) in [6.45, 7) is 0. The molecule has 0 bridgehead atoms.